The molecule has 0 bridgehead atoms. The number of amides is 4. The van der Waals surface area contributed by atoms with Crippen LogP contribution < -0.4 is 10.0 Å². The zero-order chi connectivity index (χ0) is 22.6. The lowest BCUT2D eigenvalue weighted by Crippen LogP contribution is -2.24. The van der Waals surface area contributed by atoms with E-state index in [1.165, 1.54) is 34.2 Å². The molecular weight excluding hydrogens is 428 g/mol. The van der Waals surface area contributed by atoms with Gasteiger partial charge in [-0.3, -0.25) is 14.3 Å². The molecule has 0 radical (unpaired) electrons. The van der Waals surface area contributed by atoms with Gasteiger partial charge < -0.3 is 10.2 Å². The molecule has 0 spiro atoms. The van der Waals surface area contributed by atoms with E-state index in [2.05, 4.69) is 20.5 Å². The molecule has 0 fully saturated rings. The summed E-state index contributed by atoms with van der Waals surface area (Å²) < 4.78 is 19.8. The molecule has 2 aliphatic carbocycles. The maximum atomic E-state index is 13.5. The molecule has 5 rings (SSSR count). The summed E-state index contributed by atoms with van der Waals surface area (Å²) in [5.41, 5.74) is 6.02. The van der Waals surface area contributed by atoms with Gasteiger partial charge in [0, 0.05) is 25.3 Å². The zero-order valence-electron chi connectivity index (χ0n) is 18.0. The van der Waals surface area contributed by atoms with E-state index in [9.17, 15) is 18.6 Å². The third kappa shape index (κ3) is 3.28. The fourth-order valence-corrected chi connectivity index (χ4v) is 6.49. The average molecular weight is 453 g/mol. The van der Waals surface area contributed by atoms with Crippen LogP contribution in [0.25, 0.3) is 0 Å². The van der Waals surface area contributed by atoms with Crippen LogP contribution in [0.15, 0.2) is 33.5 Å². The molecule has 8 nitrogen and oxygen atoms in total. The van der Waals surface area contributed by atoms with Crippen molar-refractivity contribution in [3.8, 4) is 0 Å². The van der Waals surface area contributed by atoms with E-state index < -0.39 is 21.9 Å². The Bertz CT molecular complexity index is 1290. The Hall–Kier alpha value is -3.20. The summed E-state index contributed by atoms with van der Waals surface area (Å²) >= 11 is 0. The summed E-state index contributed by atoms with van der Waals surface area (Å²) in [5, 5.41) is 2.88. The third-order valence-corrected chi connectivity index (χ3v) is 8.14. The average Bonchev–Trinajstić information content (AvgIpc) is 3.46. The predicted octanol–water partition coefficient (Wildman–Crippen LogP) is 3.08. The fraction of sp³-hybridized carbons (Fsp3) is 0.348. The van der Waals surface area contributed by atoms with Crippen molar-refractivity contribution in [1.29, 1.82) is 0 Å². The van der Waals surface area contributed by atoms with Gasteiger partial charge in [-0.15, -0.1) is 4.36 Å². The minimum absolute atomic E-state index is 0.0638. The summed E-state index contributed by atoms with van der Waals surface area (Å²) in [6.07, 6.45) is 5.85. The molecule has 4 amide bonds. The fourth-order valence-electron chi connectivity index (χ4n) is 4.85. The highest BCUT2D eigenvalue weighted by atomic mass is 32.2. The van der Waals surface area contributed by atoms with E-state index in [0.717, 1.165) is 55.3 Å². The van der Waals surface area contributed by atoms with Gasteiger partial charge in [-0.1, -0.05) is 6.07 Å². The van der Waals surface area contributed by atoms with Gasteiger partial charge in [-0.05, 0) is 79.0 Å². The van der Waals surface area contributed by atoms with Crippen molar-refractivity contribution in [2.75, 3.05) is 19.4 Å². The van der Waals surface area contributed by atoms with Crippen LogP contribution in [-0.4, -0.2) is 41.0 Å². The second kappa shape index (κ2) is 7.44. The minimum atomic E-state index is -3.55. The minimum Gasteiger partial charge on any atom is -0.345 e. The number of hydrogen-bond donors (Lipinski definition) is 2. The van der Waals surface area contributed by atoms with Gasteiger partial charge in [0.2, 0.25) is 0 Å². The first kappa shape index (κ1) is 20.7. The molecule has 1 heterocycles. The molecule has 3 aliphatic rings. The Kier molecular flexibility index (Phi) is 4.81. The van der Waals surface area contributed by atoms with Crippen LogP contribution in [0.1, 0.15) is 55.8 Å². The molecule has 1 unspecified atom stereocenters. The zero-order valence-corrected chi connectivity index (χ0v) is 18.8. The number of nitrogens with one attached hydrogen (secondary N) is 2. The molecule has 1 atom stereocenters. The van der Waals surface area contributed by atoms with E-state index >= 15 is 0 Å². The molecule has 1 aliphatic heterocycles. The normalized spacial score (nSPS) is 20.2. The van der Waals surface area contributed by atoms with Crippen molar-refractivity contribution < 1.29 is 18.6 Å². The highest BCUT2D eigenvalue weighted by Gasteiger charge is 2.33. The number of aryl methyl sites for hydroxylation is 2. The molecule has 32 heavy (non-hydrogen) atoms. The van der Waals surface area contributed by atoms with Gasteiger partial charge in [-0.2, -0.15) is 0 Å². The molecule has 0 saturated heterocycles. The van der Waals surface area contributed by atoms with Crippen molar-refractivity contribution in [3.63, 3.8) is 0 Å². The summed E-state index contributed by atoms with van der Waals surface area (Å²) in [4.78, 5) is 39.1. The van der Waals surface area contributed by atoms with Gasteiger partial charge in [0.25, 0.3) is 11.8 Å². The Balaban J connectivity index is 1.53. The Morgan fingerprint density at radius 1 is 1.03 bits per heavy atom. The van der Waals surface area contributed by atoms with Gasteiger partial charge in [0.05, 0.1) is 10.5 Å². The van der Waals surface area contributed by atoms with E-state index in [-0.39, 0.29) is 21.9 Å². The number of urea groups is 1. The lowest BCUT2D eigenvalue weighted by atomic mass is 9.99. The van der Waals surface area contributed by atoms with E-state index in [0.29, 0.717) is 0 Å². The van der Waals surface area contributed by atoms with Gasteiger partial charge >= 0.3 is 6.03 Å². The van der Waals surface area contributed by atoms with Crippen LogP contribution in [0.4, 0.5) is 10.5 Å². The molecule has 9 heteroatoms. The monoisotopic (exact) mass is 452 g/mol. The second-order valence-electron chi connectivity index (χ2n) is 8.62. The Morgan fingerprint density at radius 3 is 2.31 bits per heavy atom. The van der Waals surface area contributed by atoms with Crippen molar-refractivity contribution in [3.05, 3.63) is 57.6 Å². The van der Waals surface area contributed by atoms with Gasteiger partial charge in [0.15, 0.2) is 9.92 Å². The highest BCUT2D eigenvalue weighted by molar-refractivity contribution is 7.93. The second-order valence-corrected chi connectivity index (χ2v) is 10.5. The molecule has 166 valence electrons. The van der Waals surface area contributed by atoms with Crippen molar-refractivity contribution in [2.24, 2.45) is 4.36 Å². The number of fused-ring (bicyclic) bond motifs is 3. The van der Waals surface area contributed by atoms with Gasteiger partial charge in [-0.25, -0.2) is 9.00 Å². The highest BCUT2D eigenvalue weighted by Crippen LogP contribution is 2.38. The smallest absolute Gasteiger partial charge is 0.345 e. The lowest BCUT2D eigenvalue weighted by molar-refractivity contribution is 0.0826. The quantitative estimate of drug-likeness (QED) is 0.730. The largest absolute Gasteiger partial charge is 0.355 e. The first-order valence-electron chi connectivity index (χ1n) is 10.7. The molecular formula is C23H24N4O4S. The van der Waals surface area contributed by atoms with Crippen LogP contribution in [-0.2, 0) is 35.6 Å². The van der Waals surface area contributed by atoms with Crippen LogP contribution in [0.5, 0.6) is 0 Å². The number of carbonyl (C=O) groups excluding carboxylic acids is 3. The standard InChI is InChI=1S/C23H24N4O4S/c1-27(2)22(29)15-9-10-18-19(12-15)32(31,25-21(18)28)26-23(30)24-20-16-7-3-5-13(16)11-14-6-4-8-17(14)20/h9-12H,3-8H2,1-2H3,(H2,24,25,26,28,30,31). The topological polar surface area (TPSA) is 108 Å². The third-order valence-electron chi connectivity index (χ3n) is 6.32. The van der Waals surface area contributed by atoms with E-state index in [4.69, 9.17) is 0 Å². The summed E-state index contributed by atoms with van der Waals surface area (Å²) in [6.45, 7) is 0. The molecule has 0 saturated carbocycles. The van der Waals surface area contributed by atoms with Crippen LogP contribution in [0.3, 0.4) is 0 Å². The van der Waals surface area contributed by atoms with E-state index in [1.807, 2.05) is 0 Å². The summed E-state index contributed by atoms with van der Waals surface area (Å²) in [7, 11) is -0.345. The Morgan fingerprint density at radius 2 is 1.69 bits per heavy atom. The maximum absolute atomic E-state index is 13.5. The number of anilines is 1. The first-order chi connectivity index (χ1) is 15.3. The number of benzene rings is 2. The Labute approximate surface area is 186 Å². The number of nitrogens with zero attached hydrogens (tertiary/aromatic N) is 2. The lowest BCUT2D eigenvalue weighted by Gasteiger charge is -2.15. The summed E-state index contributed by atoms with van der Waals surface area (Å²) in [5.74, 6) is -0.874. The molecule has 2 N–H and O–H groups in total. The predicted molar refractivity (Wildman–Crippen MR) is 120 cm³/mol. The van der Waals surface area contributed by atoms with Crippen molar-refractivity contribution >= 4 is 33.4 Å². The molecule has 2 aromatic carbocycles. The van der Waals surface area contributed by atoms with Crippen LogP contribution in [0, 0.1) is 0 Å². The van der Waals surface area contributed by atoms with Crippen LogP contribution in [0.2, 0.25) is 0 Å². The molecule has 2 aromatic rings. The molecule has 0 aromatic heterocycles. The van der Waals surface area contributed by atoms with Crippen molar-refractivity contribution in [1.82, 2.24) is 9.62 Å². The van der Waals surface area contributed by atoms with E-state index in [1.54, 1.807) is 14.1 Å². The first-order valence-corrected chi connectivity index (χ1v) is 12.2. The van der Waals surface area contributed by atoms with Crippen molar-refractivity contribution in [2.45, 2.75) is 43.4 Å². The number of rotatable bonds is 2. The van der Waals surface area contributed by atoms with Gasteiger partial charge in [0.1, 0.15) is 0 Å². The summed E-state index contributed by atoms with van der Waals surface area (Å²) in [6, 6.07) is 5.82. The van der Waals surface area contributed by atoms with Crippen LogP contribution >= 0.6 is 0 Å². The number of hydrogen-bond acceptors (Lipinski definition) is 4. The number of carbonyl (C=O) groups is 3. The SMILES string of the molecule is CN(C)C(=O)c1ccc2c(c1)S(=O)(=NC(=O)Nc1c3c(cc4c1CCC4)CCC3)NC2=O. The maximum Gasteiger partial charge on any atom is 0.355 e.